The maximum atomic E-state index is 12.6. The maximum Gasteiger partial charge on any atom is 0.225 e. The first-order valence-electron chi connectivity index (χ1n) is 10.8. The molecule has 2 aromatic carbocycles. The van der Waals surface area contributed by atoms with Gasteiger partial charge in [-0.05, 0) is 61.7 Å². The Labute approximate surface area is 184 Å². The van der Waals surface area contributed by atoms with Gasteiger partial charge in [-0.15, -0.1) is 0 Å². The molecule has 0 aromatic heterocycles. The topological polar surface area (TPSA) is 44.8 Å². The minimum Gasteiger partial charge on any atom is -0.378 e. The Morgan fingerprint density at radius 2 is 1.80 bits per heavy atom. The summed E-state index contributed by atoms with van der Waals surface area (Å²) in [5.74, 6) is 0.0584. The zero-order chi connectivity index (χ0) is 20.9. The molecule has 2 aliphatic rings. The molecule has 1 amide bonds. The fraction of sp³-hybridized carbons (Fsp3) is 0.458. The summed E-state index contributed by atoms with van der Waals surface area (Å²) < 4.78 is 5.41. The number of nitrogens with zero attached hydrogens (tertiary/aromatic N) is 2. The fourth-order valence-corrected chi connectivity index (χ4v) is 4.19. The first kappa shape index (κ1) is 21.2. The number of morpholine rings is 1. The molecule has 0 radical (unpaired) electrons. The molecule has 0 spiro atoms. The molecule has 1 heterocycles. The van der Waals surface area contributed by atoms with E-state index in [1.165, 1.54) is 24.1 Å². The quantitative estimate of drug-likeness (QED) is 0.661. The Bertz CT molecular complexity index is 831. The summed E-state index contributed by atoms with van der Waals surface area (Å²) >= 11 is 6.03. The van der Waals surface area contributed by atoms with Crippen molar-refractivity contribution < 1.29 is 9.53 Å². The van der Waals surface area contributed by atoms with Crippen LogP contribution in [0.15, 0.2) is 48.5 Å². The highest BCUT2D eigenvalue weighted by Gasteiger charge is 2.32. The third-order valence-corrected chi connectivity index (χ3v) is 6.24. The number of benzene rings is 2. The van der Waals surface area contributed by atoms with Crippen molar-refractivity contribution >= 4 is 28.9 Å². The average molecular weight is 428 g/mol. The molecule has 6 heteroatoms. The third-order valence-electron chi connectivity index (χ3n) is 5.99. The predicted molar refractivity (Wildman–Crippen MR) is 122 cm³/mol. The summed E-state index contributed by atoms with van der Waals surface area (Å²) in [5.41, 5.74) is 3.26. The SMILES string of the molecule is CC(c1ccc(Cl)cc1)N(CCC(=O)Nc1ccc(N2CCOCC2)cc1)C1CC1. The van der Waals surface area contributed by atoms with E-state index in [0.29, 0.717) is 12.5 Å². The lowest BCUT2D eigenvalue weighted by atomic mass is 10.1. The molecule has 1 saturated heterocycles. The normalized spacial score (nSPS) is 17.8. The van der Waals surface area contributed by atoms with Crippen LogP contribution in [0.1, 0.15) is 37.8 Å². The third kappa shape index (κ3) is 5.54. The summed E-state index contributed by atoms with van der Waals surface area (Å²) in [6.45, 7) is 6.33. The van der Waals surface area contributed by atoms with Crippen LogP contribution in [0.2, 0.25) is 5.02 Å². The van der Waals surface area contributed by atoms with E-state index in [2.05, 4.69) is 46.3 Å². The van der Waals surface area contributed by atoms with E-state index in [9.17, 15) is 4.79 Å². The molecule has 4 rings (SSSR count). The zero-order valence-electron chi connectivity index (χ0n) is 17.5. The van der Waals surface area contributed by atoms with Crippen molar-refractivity contribution in [1.82, 2.24) is 4.90 Å². The van der Waals surface area contributed by atoms with Crippen LogP contribution < -0.4 is 10.2 Å². The van der Waals surface area contributed by atoms with Gasteiger partial charge >= 0.3 is 0 Å². The Morgan fingerprint density at radius 1 is 1.13 bits per heavy atom. The number of carbonyl (C=O) groups is 1. The van der Waals surface area contributed by atoms with Gasteiger partial charge in [-0.3, -0.25) is 9.69 Å². The molecule has 1 unspecified atom stereocenters. The number of rotatable bonds is 8. The van der Waals surface area contributed by atoms with Crippen LogP contribution in [0, 0.1) is 0 Å². The van der Waals surface area contributed by atoms with E-state index >= 15 is 0 Å². The Hall–Kier alpha value is -2.08. The largest absolute Gasteiger partial charge is 0.378 e. The van der Waals surface area contributed by atoms with Gasteiger partial charge in [0.1, 0.15) is 0 Å². The van der Waals surface area contributed by atoms with Gasteiger partial charge in [0.25, 0.3) is 0 Å². The molecule has 1 atom stereocenters. The second-order valence-corrected chi connectivity index (χ2v) is 8.58. The molecule has 1 aliphatic carbocycles. The average Bonchev–Trinajstić information content (AvgIpc) is 3.61. The van der Waals surface area contributed by atoms with Gasteiger partial charge < -0.3 is 15.0 Å². The number of amides is 1. The monoisotopic (exact) mass is 427 g/mol. The number of hydrogen-bond donors (Lipinski definition) is 1. The maximum absolute atomic E-state index is 12.6. The fourth-order valence-electron chi connectivity index (χ4n) is 4.06. The van der Waals surface area contributed by atoms with Crippen molar-refractivity contribution in [3.8, 4) is 0 Å². The molecule has 30 heavy (non-hydrogen) atoms. The van der Waals surface area contributed by atoms with E-state index in [4.69, 9.17) is 16.3 Å². The van der Waals surface area contributed by atoms with Crippen LogP contribution in [0.3, 0.4) is 0 Å². The summed E-state index contributed by atoms with van der Waals surface area (Å²) in [6, 6.07) is 17.0. The van der Waals surface area contributed by atoms with Crippen molar-refractivity contribution in [2.24, 2.45) is 0 Å². The van der Waals surface area contributed by atoms with Gasteiger partial charge in [0.2, 0.25) is 5.91 Å². The lowest BCUT2D eigenvalue weighted by molar-refractivity contribution is -0.116. The molecule has 0 bridgehead atoms. The second kappa shape index (κ2) is 9.82. The highest BCUT2D eigenvalue weighted by molar-refractivity contribution is 6.30. The van der Waals surface area contributed by atoms with E-state index in [1.54, 1.807) is 0 Å². The van der Waals surface area contributed by atoms with Gasteiger partial charge in [-0.25, -0.2) is 0 Å². The number of carbonyl (C=O) groups excluding carboxylic acids is 1. The van der Waals surface area contributed by atoms with Crippen LogP contribution in [0.5, 0.6) is 0 Å². The van der Waals surface area contributed by atoms with Crippen molar-refractivity contribution in [2.45, 2.75) is 38.3 Å². The lowest BCUT2D eigenvalue weighted by Gasteiger charge is -2.29. The zero-order valence-corrected chi connectivity index (χ0v) is 18.3. The first-order valence-corrected chi connectivity index (χ1v) is 11.2. The molecule has 5 nitrogen and oxygen atoms in total. The minimum absolute atomic E-state index is 0.0584. The number of hydrogen-bond acceptors (Lipinski definition) is 4. The second-order valence-electron chi connectivity index (χ2n) is 8.14. The number of nitrogens with one attached hydrogen (secondary N) is 1. The van der Waals surface area contributed by atoms with Crippen molar-refractivity contribution in [1.29, 1.82) is 0 Å². The van der Waals surface area contributed by atoms with Crippen LogP contribution in [-0.4, -0.2) is 49.7 Å². The number of ether oxygens (including phenoxy) is 1. The van der Waals surface area contributed by atoms with Gasteiger partial charge in [0.15, 0.2) is 0 Å². The van der Waals surface area contributed by atoms with Crippen LogP contribution in [-0.2, 0) is 9.53 Å². The summed E-state index contributed by atoms with van der Waals surface area (Å²) in [5, 5.41) is 3.80. The lowest BCUT2D eigenvalue weighted by Crippen LogP contribution is -2.36. The molecule has 1 N–H and O–H groups in total. The predicted octanol–water partition coefficient (Wildman–Crippen LogP) is 4.73. The van der Waals surface area contributed by atoms with Gasteiger partial charge in [0.05, 0.1) is 13.2 Å². The van der Waals surface area contributed by atoms with E-state index in [0.717, 1.165) is 43.6 Å². The highest BCUT2D eigenvalue weighted by Crippen LogP contribution is 2.34. The van der Waals surface area contributed by atoms with E-state index in [1.807, 2.05) is 24.3 Å². The molecule has 160 valence electrons. The standard InChI is InChI=1S/C24H30ClN3O2/c1-18(19-2-4-20(25)5-3-19)28(23-10-11-23)13-12-24(29)26-21-6-8-22(9-7-21)27-14-16-30-17-15-27/h2-9,18,23H,10-17H2,1H3,(H,26,29). The molecular weight excluding hydrogens is 398 g/mol. The van der Waals surface area contributed by atoms with E-state index < -0.39 is 0 Å². The van der Waals surface area contributed by atoms with Crippen molar-refractivity contribution in [2.75, 3.05) is 43.1 Å². The van der Waals surface area contributed by atoms with Crippen LogP contribution in [0.4, 0.5) is 11.4 Å². The van der Waals surface area contributed by atoms with Gasteiger partial charge in [-0.2, -0.15) is 0 Å². The number of halogens is 1. The van der Waals surface area contributed by atoms with Crippen molar-refractivity contribution in [3.63, 3.8) is 0 Å². The van der Waals surface area contributed by atoms with Crippen LogP contribution >= 0.6 is 11.6 Å². The van der Waals surface area contributed by atoms with Crippen molar-refractivity contribution in [3.05, 3.63) is 59.1 Å². The van der Waals surface area contributed by atoms with Crippen LogP contribution in [0.25, 0.3) is 0 Å². The highest BCUT2D eigenvalue weighted by atomic mass is 35.5. The Balaban J connectivity index is 1.30. The minimum atomic E-state index is 0.0584. The molecule has 2 aromatic rings. The Kier molecular flexibility index (Phi) is 6.93. The molecular formula is C24H30ClN3O2. The first-order chi connectivity index (χ1) is 14.6. The van der Waals surface area contributed by atoms with Gasteiger partial charge in [-0.1, -0.05) is 23.7 Å². The van der Waals surface area contributed by atoms with Gasteiger partial charge in [0, 0.05) is 54.5 Å². The summed E-state index contributed by atoms with van der Waals surface area (Å²) in [4.78, 5) is 17.3. The number of anilines is 2. The molecule has 1 saturated carbocycles. The molecule has 2 fully saturated rings. The summed E-state index contributed by atoms with van der Waals surface area (Å²) in [7, 11) is 0. The molecule has 1 aliphatic heterocycles. The summed E-state index contributed by atoms with van der Waals surface area (Å²) in [6.07, 6.45) is 2.91. The van der Waals surface area contributed by atoms with E-state index in [-0.39, 0.29) is 11.9 Å². The Morgan fingerprint density at radius 3 is 2.43 bits per heavy atom. The smallest absolute Gasteiger partial charge is 0.225 e.